The molecule has 0 saturated heterocycles. The maximum absolute atomic E-state index is 13.6. The Kier molecular flexibility index (Phi) is 7.94. The van der Waals surface area contributed by atoms with E-state index in [0.29, 0.717) is 28.8 Å². The highest BCUT2D eigenvalue weighted by Crippen LogP contribution is 2.27. The zero-order valence-electron chi connectivity index (χ0n) is 21.1. The van der Waals surface area contributed by atoms with E-state index in [1.54, 1.807) is 67.2 Å². The number of sulfonamides is 1. The normalized spacial score (nSPS) is 11.3. The first-order chi connectivity index (χ1) is 18.1. The van der Waals surface area contributed by atoms with E-state index in [-0.39, 0.29) is 16.3 Å². The van der Waals surface area contributed by atoms with Crippen molar-refractivity contribution in [3.63, 3.8) is 0 Å². The van der Waals surface area contributed by atoms with Crippen LogP contribution in [0, 0.1) is 6.92 Å². The molecule has 1 heterocycles. The Bertz CT molecular complexity index is 1600. The van der Waals surface area contributed by atoms with Crippen LogP contribution in [0.2, 0.25) is 5.02 Å². The summed E-state index contributed by atoms with van der Waals surface area (Å²) >= 11 is 5.95. The third kappa shape index (κ3) is 5.46. The third-order valence-corrected chi connectivity index (χ3v) is 7.98. The predicted molar refractivity (Wildman–Crippen MR) is 148 cm³/mol. The van der Waals surface area contributed by atoms with Crippen molar-refractivity contribution in [2.24, 2.45) is 7.05 Å². The molecule has 0 spiro atoms. The lowest BCUT2D eigenvalue weighted by Gasteiger charge is -2.24. The molecule has 0 aliphatic rings. The molecule has 0 atom stereocenters. The summed E-state index contributed by atoms with van der Waals surface area (Å²) in [5.74, 6) is -0.117. The molecule has 1 N–H and O–H groups in total. The highest BCUT2D eigenvalue weighted by Gasteiger charge is 2.28. The third-order valence-electron chi connectivity index (χ3n) is 5.94. The molecule has 38 heavy (non-hydrogen) atoms. The fourth-order valence-electron chi connectivity index (χ4n) is 3.95. The highest BCUT2D eigenvalue weighted by molar-refractivity contribution is 7.92. The number of para-hydroxylation sites is 1. The minimum absolute atomic E-state index is 0.0362. The number of benzene rings is 3. The van der Waals surface area contributed by atoms with Crippen molar-refractivity contribution in [1.29, 1.82) is 0 Å². The van der Waals surface area contributed by atoms with Crippen molar-refractivity contribution in [3.05, 3.63) is 99.9 Å². The number of carbonyl (C=O) groups excluding carboxylic acids is 1. The average molecular weight is 555 g/mol. The molecular formula is C27H27ClN4O5S. The zero-order chi connectivity index (χ0) is 27.4. The SMILES string of the molecule is CCOc1ccc(N(CC(=O)Nc2c(C)n(C)n(-c3ccccc3)c2=O)S(=O)(=O)c2ccc(Cl)cc2)cc1. The first kappa shape index (κ1) is 27.0. The maximum Gasteiger partial charge on any atom is 0.295 e. The van der Waals surface area contributed by atoms with Crippen molar-refractivity contribution >= 4 is 38.9 Å². The number of ether oxygens (including phenoxy) is 1. The van der Waals surface area contributed by atoms with Crippen molar-refractivity contribution < 1.29 is 17.9 Å². The van der Waals surface area contributed by atoms with Gasteiger partial charge in [0.2, 0.25) is 5.91 Å². The Morgan fingerprint density at radius 3 is 2.24 bits per heavy atom. The van der Waals surface area contributed by atoms with Gasteiger partial charge >= 0.3 is 0 Å². The largest absolute Gasteiger partial charge is 0.494 e. The molecule has 1 aromatic heterocycles. The van der Waals surface area contributed by atoms with Crippen LogP contribution >= 0.6 is 11.6 Å². The molecule has 0 unspecified atom stereocenters. The molecular weight excluding hydrogens is 528 g/mol. The lowest BCUT2D eigenvalue weighted by Crippen LogP contribution is -2.38. The summed E-state index contributed by atoms with van der Waals surface area (Å²) in [5, 5.41) is 3.01. The second-order valence-corrected chi connectivity index (χ2v) is 10.7. The summed E-state index contributed by atoms with van der Waals surface area (Å²) < 4.78 is 36.7. The fourth-order valence-corrected chi connectivity index (χ4v) is 5.49. The number of hydrogen-bond acceptors (Lipinski definition) is 5. The second kappa shape index (κ2) is 11.2. The molecule has 1 amide bonds. The molecule has 9 nitrogen and oxygen atoms in total. The van der Waals surface area contributed by atoms with Crippen LogP contribution in [-0.2, 0) is 21.9 Å². The summed E-state index contributed by atoms with van der Waals surface area (Å²) in [6.45, 7) is 3.42. The molecule has 4 rings (SSSR count). The van der Waals surface area contributed by atoms with E-state index in [4.69, 9.17) is 16.3 Å². The number of nitrogens with zero attached hydrogens (tertiary/aromatic N) is 3. The number of anilines is 2. The van der Waals surface area contributed by atoms with Gasteiger partial charge < -0.3 is 10.1 Å². The molecule has 3 aromatic carbocycles. The van der Waals surface area contributed by atoms with Crippen molar-refractivity contribution in [2.75, 3.05) is 22.8 Å². The lowest BCUT2D eigenvalue weighted by molar-refractivity contribution is -0.114. The Balaban J connectivity index is 1.68. The maximum atomic E-state index is 13.6. The van der Waals surface area contributed by atoms with Crippen LogP contribution in [0.4, 0.5) is 11.4 Å². The number of rotatable bonds is 9. The predicted octanol–water partition coefficient (Wildman–Crippen LogP) is 4.37. The number of aromatic nitrogens is 2. The first-order valence-corrected chi connectivity index (χ1v) is 13.6. The van der Waals surface area contributed by atoms with Gasteiger partial charge in [-0.1, -0.05) is 29.8 Å². The summed E-state index contributed by atoms with van der Waals surface area (Å²) in [6, 6.07) is 21.0. The quantitative estimate of drug-likeness (QED) is 0.331. The van der Waals surface area contributed by atoms with E-state index < -0.39 is 28.0 Å². The summed E-state index contributed by atoms with van der Waals surface area (Å²) in [4.78, 5) is 26.4. The van der Waals surface area contributed by atoms with Gasteiger partial charge in [0.1, 0.15) is 18.0 Å². The minimum Gasteiger partial charge on any atom is -0.494 e. The number of amides is 1. The molecule has 0 bridgehead atoms. The Morgan fingerprint density at radius 2 is 1.63 bits per heavy atom. The van der Waals surface area contributed by atoms with E-state index in [1.807, 2.05) is 13.0 Å². The van der Waals surface area contributed by atoms with Gasteiger partial charge in [0.25, 0.3) is 15.6 Å². The molecule has 0 radical (unpaired) electrons. The molecule has 0 saturated carbocycles. The van der Waals surface area contributed by atoms with Crippen molar-refractivity contribution in [2.45, 2.75) is 18.7 Å². The second-order valence-electron chi connectivity index (χ2n) is 8.38. The first-order valence-electron chi connectivity index (χ1n) is 11.8. The van der Waals surface area contributed by atoms with Crippen LogP contribution in [0.3, 0.4) is 0 Å². The van der Waals surface area contributed by atoms with E-state index >= 15 is 0 Å². The van der Waals surface area contributed by atoms with E-state index in [2.05, 4.69) is 5.32 Å². The van der Waals surface area contributed by atoms with Gasteiger partial charge in [-0.3, -0.25) is 18.6 Å². The molecule has 0 aliphatic carbocycles. The van der Waals surface area contributed by atoms with Gasteiger partial charge in [0.15, 0.2) is 0 Å². The van der Waals surface area contributed by atoms with Gasteiger partial charge in [-0.2, -0.15) is 0 Å². The van der Waals surface area contributed by atoms with Gasteiger partial charge in [-0.25, -0.2) is 13.1 Å². The van der Waals surface area contributed by atoms with Crippen LogP contribution in [-0.4, -0.2) is 36.8 Å². The van der Waals surface area contributed by atoms with Crippen LogP contribution in [0.5, 0.6) is 5.75 Å². The van der Waals surface area contributed by atoms with Crippen LogP contribution in [0.1, 0.15) is 12.6 Å². The van der Waals surface area contributed by atoms with E-state index in [9.17, 15) is 18.0 Å². The highest BCUT2D eigenvalue weighted by atomic mass is 35.5. The van der Waals surface area contributed by atoms with Gasteiger partial charge in [0.05, 0.1) is 28.6 Å². The Morgan fingerprint density at radius 1 is 1.00 bits per heavy atom. The zero-order valence-corrected chi connectivity index (χ0v) is 22.7. The summed E-state index contributed by atoms with van der Waals surface area (Å²) in [5.41, 5.74) is 1.03. The fraction of sp³-hybridized carbons (Fsp3) is 0.185. The topological polar surface area (TPSA) is 103 Å². The summed E-state index contributed by atoms with van der Waals surface area (Å²) in [7, 11) is -2.46. The van der Waals surface area contributed by atoms with Crippen LogP contribution < -0.4 is 19.9 Å². The Labute approximate surface area is 225 Å². The van der Waals surface area contributed by atoms with Crippen molar-refractivity contribution in [1.82, 2.24) is 9.36 Å². The van der Waals surface area contributed by atoms with Gasteiger partial charge in [-0.15, -0.1) is 0 Å². The summed E-state index contributed by atoms with van der Waals surface area (Å²) in [6.07, 6.45) is 0. The van der Waals surface area contributed by atoms with E-state index in [1.165, 1.54) is 28.9 Å². The number of halogens is 1. The molecule has 11 heteroatoms. The van der Waals surface area contributed by atoms with Gasteiger partial charge in [-0.05, 0) is 74.5 Å². The average Bonchev–Trinajstić information content (AvgIpc) is 3.11. The van der Waals surface area contributed by atoms with Crippen LogP contribution in [0.15, 0.2) is 88.6 Å². The number of carbonyl (C=O) groups is 1. The lowest BCUT2D eigenvalue weighted by atomic mass is 10.3. The van der Waals surface area contributed by atoms with E-state index in [0.717, 1.165) is 4.31 Å². The standard InChI is InChI=1S/C27H27ClN4O5S/c1-4-37-23-14-12-21(13-15-23)31(38(35,36)24-16-10-20(28)11-17-24)18-25(33)29-26-19(2)30(3)32(27(26)34)22-8-6-5-7-9-22/h5-17H,4,18H2,1-3H3,(H,29,33). The smallest absolute Gasteiger partial charge is 0.295 e. The van der Waals surface area contributed by atoms with Crippen molar-refractivity contribution in [3.8, 4) is 11.4 Å². The minimum atomic E-state index is -4.17. The monoisotopic (exact) mass is 554 g/mol. The Hall–Kier alpha value is -4.02. The molecule has 0 aliphatic heterocycles. The molecule has 198 valence electrons. The molecule has 0 fully saturated rings. The van der Waals surface area contributed by atoms with Crippen LogP contribution in [0.25, 0.3) is 5.69 Å². The number of hydrogen-bond donors (Lipinski definition) is 1. The number of nitrogens with one attached hydrogen (secondary N) is 1. The van der Waals surface area contributed by atoms with Gasteiger partial charge in [0, 0.05) is 12.1 Å². The molecule has 4 aromatic rings.